The molecule has 0 aliphatic carbocycles. The van der Waals surface area contributed by atoms with Gasteiger partial charge in [-0.15, -0.1) is 0 Å². The maximum absolute atomic E-state index is 11.4. The minimum absolute atomic E-state index is 0.287. The number of rotatable bonds is 6. The molecule has 2 aromatic heterocycles. The number of fused-ring (bicyclic) bond motifs is 1. The molecule has 3 aromatic rings. The van der Waals surface area contributed by atoms with Crippen LogP contribution in [0.3, 0.4) is 0 Å². The third kappa shape index (κ3) is 3.10. The van der Waals surface area contributed by atoms with Gasteiger partial charge in [-0.3, -0.25) is 4.90 Å². The van der Waals surface area contributed by atoms with E-state index in [0.717, 1.165) is 48.7 Å². The summed E-state index contributed by atoms with van der Waals surface area (Å²) < 4.78 is 4.25. The van der Waals surface area contributed by atoms with E-state index in [0.29, 0.717) is 6.54 Å². The van der Waals surface area contributed by atoms with Gasteiger partial charge in [-0.1, -0.05) is 0 Å². The minimum atomic E-state index is -0.917. The molecule has 0 saturated carbocycles. The van der Waals surface area contributed by atoms with Crippen LogP contribution in [-0.2, 0) is 19.6 Å². The number of hydrogen-bond donors (Lipinski definition) is 1. The Hall–Kier alpha value is -2.67. The Kier molecular flexibility index (Phi) is 4.46. The Labute approximate surface area is 151 Å². The van der Waals surface area contributed by atoms with Crippen molar-refractivity contribution in [3.8, 4) is 0 Å². The quantitative estimate of drug-likeness (QED) is 0.737. The molecule has 0 unspecified atom stereocenters. The van der Waals surface area contributed by atoms with Gasteiger partial charge in [0, 0.05) is 12.7 Å². The van der Waals surface area contributed by atoms with Crippen LogP contribution in [-0.4, -0.2) is 48.2 Å². The number of aromatic nitrogens is 4. The molecule has 0 bridgehead atoms. The van der Waals surface area contributed by atoms with E-state index in [9.17, 15) is 9.90 Å². The lowest BCUT2D eigenvalue weighted by Crippen LogP contribution is -2.21. The van der Waals surface area contributed by atoms with Crippen molar-refractivity contribution in [2.45, 2.75) is 39.4 Å². The molecule has 0 radical (unpaired) electrons. The minimum Gasteiger partial charge on any atom is -0.478 e. The van der Waals surface area contributed by atoms with Gasteiger partial charge >= 0.3 is 5.97 Å². The molecule has 3 heterocycles. The highest BCUT2D eigenvalue weighted by Crippen LogP contribution is 2.22. The number of benzene rings is 1. The number of aromatic carboxylic acids is 1. The van der Waals surface area contributed by atoms with Crippen LogP contribution < -0.4 is 0 Å². The second-order valence-corrected chi connectivity index (χ2v) is 6.78. The molecule has 26 heavy (non-hydrogen) atoms. The van der Waals surface area contributed by atoms with Gasteiger partial charge < -0.3 is 14.2 Å². The van der Waals surface area contributed by atoms with Gasteiger partial charge in [0.2, 0.25) is 0 Å². The molecule has 136 valence electrons. The van der Waals surface area contributed by atoms with Gasteiger partial charge in [0.25, 0.3) is 0 Å². The second-order valence-electron chi connectivity index (χ2n) is 6.78. The lowest BCUT2D eigenvalue weighted by molar-refractivity contribution is 0.0697. The van der Waals surface area contributed by atoms with Gasteiger partial charge in [-0.2, -0.15) is 0 Å². The number of nitrogens with zero attached hydrogens (tertiary/aromatic N) is 5. The molecule has 0 amide bonds. The molecule has 0 spiro atoms. The molecular weight excluding hydrogens is 330 g/mol. The zero-order valence-electron chi connectivity index (χ0n) is 14.9. The van der Waals surface area contributed by atoms with Crippen molar-refractivity contribution in [3.05, 3.63) is 47.8 Å². The van der Waals surface area contributed by atoms with Crippen LogP contribution in [0.5, 0.6) is 0 Å². The Morgan fingerprint density at radius 3 is 2.77 bits per heavy atom. The van der Waals surface area contributed by atoms with Crippen LogP contribution in [0, 0.1) is 0 Å². The van der Waals surface area contributed by atoms with E-state index in [2.05, 4.69) is 25.9 Å². The van der Waals surface area contributed by atoms with Crippen LogP contribution >= 0.6 is 0 Å². The first-order chi connectivity index (χ1) is 12.7. The number of hydrogen-bond acceptors (Lipinski definition) is 4. The average molecular weight is 353 g/mol. The van der Waals surface area contributed by atoms with Crippen LogP contribution in [0.4, 0.5) is 0 Å². The summed E-state index contributed by atoms with van der Waals surface area (Å²) in [5.41, 5.74) is 3.08. The van der Waals surface area contributed by atoms with Crippen LogP contribution in [0.2, 0.25) is 0 Å². The fourth-order valence-corrected chi connectivity index (χ4v) is 3.67. The van der Waals surface area contributed by atoms with E-state index >= 15 is 0 Å². The summed E-state index contributed by atoms with van der Waals surface area (Å²) in [6.45, 7) is 6.55. The SMILES string of the molecule is CCn1cncc1Cn1c(CN2CCCC2)nc2ccc(C(=O)O)cc21. The maximum atomic E-state index is 11.4. The fourth-order valence-electron chi connectivity index (χ4n) is 3.67. The molecule has 7 nitrogen and oxygen atoms in total. The summed E-state index contributed by atoms with van der Waals surface area (Å²) >= 11 is 0. The van der Waals surface area contributed by atoms with E-state index < -0.39 is 5.97 Å². The zero-order chi connectivity index (χ0) is 18.1. The van der Waals surface area contributed by atoms with E-state index in [1.807, 2.05) is 12.5 Å². The van der Waals surface area contributed by atoms with Gasteiger partial charge in [-0.25, -0.2) is 14.8 Å². The lowest BCUT2D eigenvalue weighted by Gasteiger charge is -2.16. The number of carbonyl (C=O) groups is 1. The molecule has 1 aliphatic rings. The fraction of sp³-hybridized carbons (Fsp3) is 0.421. The number of carboxylic acid groups (broad SMARTS) is 1. The first-order valence-electron chi connectivity index (χ1n) is 9.09. The molecule has 1 aromatic carbocycles. The van der Waals surface area contributed by atoms with Crippen molar-refractivity contribution in [1.82, 2.24) is 24.0 Å². The zero-order valence-corrected chi connectivity index (χ0v) is 14.9. The van der Waals surface area contributed by atoms with E-state index in [1.165, 1.54) is 12.8 Å². The molecule has 4 rings (SSSR count). The first kappa shape index (κ1) is 16.8. The van der Waals surface area contributed by atoms with Crippen LogP contribution in [0.25, 0.3) is 11.0 Å². The molecule has 7 heteroatoms. The summed E-state index contributed by atoms with van der Waals surface area (Å²) in [5.74, 6) is 0.0626. The maximum Gasteiger partial charge on any atom is 0.335 e. The van der Waals surface area contributed by atoms with Crippen molar-refractivity contribution in [3.63, 3.8) is 0 Å². The molecule has 1 aliphatic heterocycles. The Morgan fingerprint density at radius 2 is 2.04 bits per heavy atom. The predicted molar refractivity (Wildman–Crippen MR) is 98.2 cm³/mol. The average Bonchev–Trinajstić information content (AvgIpc) is 3.36. The highest BCUT2D eigenvalue weighted by atomic mass is 16.4. The number of carboxylic acids is 1. The Bertz CT molecular complexity index is 937. The highest BCUT2D eigenvalue weighted by Gasteiger charge is 2.19. The van der Waals surface area contributed by atoms with Crippen molar-refractivity contribution < 1.29 is 9.90 Å². The van der Waals surface area contributed by atoms with Crippen molar-refractivity contribution in [2.24, 2.45) is 0 Å². The molecule has 1 fully saturated rings. The third-order valence-electron chi connectivity index (χ3n) is 5.10. The van der Waals surface area contributed by atoms with E-state index in [4.69, 9.17) is 4.98 Å². The van der Waals surface area contributed by atoms with Crippen LogP contribution in [0.15, 0.2) is 30.7 Å². The Balaban J connectivity index is 1.78. The van der Waals surface area contributed by atoms with Crippen LogP contribution in [0.1, 0.15) is 41.6 Å². The summed E-state index contributed by atoms with van der Waals surface area (Å²) in [6, 6.07) is 5.16. The summed E-state index contributed by atoms with van der Waals surface area (Å²) in [4.78, 5) is 22.9. The Morgan fingerprint density at radius 1 is 1.23 bits per heavy atom. The second kappa shape index (κ2) is 6.92. The molecule has 0 atom stereocenters. The van der Waals surface area contributed by atoms with Gasteiger partial charge in [0.05, 0.1) is 41.7 Å². The van der Waals surface area contributed by atoms with Gasteiger partial charge in [0.1, 0.15) is 5.82 Å². The van der Waals surface area contributed by atoms with Gasteiger partial charge in [0.15, 0.2) is 0 Å². The third-order valence-corrected chi connectivity index (χ3v) is 5.10. The van der Waals surface area contributed by atoms with E-state index in [-0.39, 0.29) is 5.56 Å². The van der Waals surface area contributed by atoms with Gasteiger partial charge in [-0.05, 0) is 51.1 Å². The van der Waals surface area contributed by atoms with Crippen molar-refractivity contribution >= 4 is 17.0 Å². The number of aryl methyl sites for hydroxylation is 1. The monoisotopic (exact) mass is 353 g/mol. The molecule has 1 N–H and O–H groups in total. The van der Waals surface area contributed by atoms with Crippen molar-refractivity contribution in [2.75, 3.05) is 13.1 Å². The number of likely N-dealkylation sites (tertiary alicyclic amines) is 1. The predicted octanol–water partition coefficient (Wildman–Crippen LogP) is 2.59. The summed E-state index contributed by atoms with van der Waals surface area (Å²) in [7, 11) is 0. The van der Waals surface area contributed by atoms with Crippen molar-refractivity contribution in [1.29, 1.82) is 0 Å². The summed E-state index contributed by atoms with van der Waals surface area (Å²) in [5, 5.41) is 9.36. The molecule has 1 saturated heterocycles. The smallest absolute Gasteiger partial charge is 0.335 e. The number of imidazole rings is 2. The normalized spacial score (nSPS) is 15.1. The molecular formula is C19H23N5O2. The topological polar surface area (TPSA) is 76.2 Å². The highest BCUT2D eigenvalue weighted by molar-refractivity contribution is 5.92. The largest absolute Gasteiger partial charge is 0.478 e. The first-order valence-corrected chi connectivity index (χ1v) is 9.09. The lowest BCUT2D eigenvalue weighted by atomic mass is 10.2. The standard InChI is InChI=1S/C19H23N5O2/c1-2-23-13-20-10-15(23)11-24-17-9-14(19(25)26)5-6-16(17)21-18(24)12-22-7-3-4-8-22/h5-6,9-10,13H,2-4,7-8,11-12H2,1H3,(H,25,26). The van der Waals surface area contributed by atoms with E-state index in [1.54, 1.807) is 18.2 Å². The summed E-state index contributed by atoms with van der Waals surface area (Å²) in [6.07, 6.45) is 6.16.